The monoisotopic (exact) mass is 320 g/mol. The third-order valence-corrected chi connectivity index (χ3v) is 4.19. The number of rotatable bonds is 7. The number of ether oxygens (including phenoxy) is 2. The maximum Gasteiger partial charge on any atom is 0.236 e. The number of nitrogens with zero attached hydrogens (tertiary/aromatic N) is 1. The normalized spacial score (nSPS) is 15.7. The zero-order valence-electron chi connectivity index (χ0n) is 14.4. The van der Waals surface area contributed by atoms with Crippen LogP contribution in [0.2, 0.25) is 0 Å². The minimum absolute atomic E-state index is 0.159. The van der Waals surface area contributed by atoms with Crippen molar-refractivity contribution in [2.75, 3.05) is 39.9 Å². The van der Waals surface area contributed by atoms with Crippen molar-refractivity contribution in [1.82, 2.24) is 10.2 Å². The molecule has 2 rings (SSSR count). The average Bonchev–Trinajstić information content (AvgIpc) is 2.55. The van der Waals surface area contributed by atoms with Crippen LogP contribution >= 0.6 is 0 Å². The highest BCUT2D eigenvalue weighted by Gasteiger charge is 2.23. The first-order valence-corrected chi connectivity index (χ1v) is 8.31. The maximum atomic E-state index is 12.1. The van der Waals surface area contributed by atoms with E-state index in [0.717, 1.165) is 37.2 Å². The minimum Gasteiger partial charge on any atom is -0.490 e. The van der Waals surface area contributed by atoms with Gasteiger partial charge in [-0.2, -0.15) is 0 Å². The lowest BCUT2D eigenvalue weighted by molar-refractivity contribution is -0.132. The van der Waals surface area contributed by atoms with Gasteiger partial charge in [-0.25, -0.2) is 0 Å². The van der Waals surface area contributed by atoms with Gasteiger partial charge in [-0.1, -0.05) is 12.1 Å². The van der Waals surface area contributed by atoms with Gasteiger partial charge >= 0.3 is 0 Å². The van der Waals surface area contributed by atoms with Crippen molar-refractivity contribution in [1.29, 1.82) is 0 Å². The van der Waals surface area contributed by atoms with Gasteiger partial charge in [0.2, 0.25) is 5.91 Å². The lowest BCUT2D eigenvalue weighted by atomic mass is 10.1. The van der Waals surface area contributed by atoms with Crippen molar-refractivity contribution in [3.8, 4) is 5.75 Å². The standard InChI is InChI=1S/C18H28N2O3/c1-14-4-5-15(2)17(12-14)23-16-6-9-20(10-7-16)18(21)13-19-8-11-22-3/h4-5,12,16,19H,6-11,13H2,1-3H3. The Hall–Kier alpha value is -1.59. The van der Waals surface area contributed by atoms with Gasteiger partial charge in [0.05, 0.1) is 13.2 Å². The van der Waals surface area contributed by atoms with Crippen molar-refractivity contribution in [3.63, 3.8) is 0 Å². The van der Waals surface area contributed by atoms with E-state index in [1.54, 1.807) is 7.11 Å². The zero-order chi connectivity index (χ0) is 16.7. The summed E-state index contributed by atoms with van der Waals surface area (Å²) in [5, 5.41) is 3.10. The summed E-state index contributed by atoms with van der Waals surface area (Å²) in [6.07, 6.45) is 1.97. The molecule has 0 saturated carbocycles. The van der Waals surface area contributed by atoms with Crippen LogP contribution in [0.5, 0.6) is 5.75 Å². The SMILES string of the molecule is COCCNCC(=O)N1CCC(Oc2cc(C)ccc2C)CC1. The molecule has 0 bridgehead atoms. The van der Waals surface area contributed by atoms with E-state index in [9.17, 15) is 4.79 Å². The van der Waals surface area contributed by atoms with Gasteiger partial charge in [-0.15, -0.1) is 0 Å². The van der Waals surface area contributed by atoms with Gasteiger partial charge in [0, 0.05) is 39.6 Å². The van der Waals surface area contributed by atoms with Gasteiger partial charge in [-0.05, 0) is 31.0 Å². The quantitative estimate of drug-likeness (QED) is 0.780. The number of hydrogen-bond donors (Lipinski definition) is 1. The molecule has 128 valence electrons. The topological polar surface area (TPSA) is 50.8 Å². The Balaban J connectivity index is 1.75. The average molecular weight is 320 g/mol. The molecule has 1 aliphatic rings. The largest absolute Gasteiger partial charge is 0.490 e. The molecule has 0 aromatic heterocycles. The van der Waals surface area contributed by atoms with E-state index in [2.05, 4.69) is 37.4 Å². The van der Waals surface area contributed by atoms with E-state index in [1.165, 1.54) is 5.56 Å². The second kappa shape index (κ2) is 8.89. The number of hydrogen-bond acceptors (Lipinski definition) is 4. The summed E-state index contributed by atoms with van der Waals surface area (Å²) >= 11 is 0. The Labute approximate surface area is 139 Å². The second-order valence-corrected chi connectivity index (χ2v) is 6.14. The fraction of sp³-hybridized carbons (Fsp3) is 0.611. The van der Waals surface area contributed by atoms with Crippen LogP contribution in [0.15, 0.2) is 18.2 Å². The molecule has 0 radical (unpaired) electrons. The Kier molecular flexibility index (Phi) is 6.86. The van der Waals surface area contributed by atoms with Gasteiger partial charge in [-0.3, -0.25) is 4.79 Å². The Morgan fingerprint density at radius 2 is 2.04 bits per heavy atom. The second-order valence-electron chi connectivity index (χ2n) is 6.14. The highest BCUT2D eigenvalue weighted by Crippen LogP contribution is 2.23. The van der Waals surface area contributed by atoms with E-state index < -0.39 is 0 Å². The van der Waals surface area contributed by atoms with Crippen molar-refractivity contribution >= 4 is 5.91 Å². The molecule has 1 N–H and O–H groups in total. The van der Waals surface area contributed by atoms with Gasteiger partial charge in [0.1, 0.15) is 11.9 Å². The number of amides is 1. The van der Waals surface area contributed by atoms with E-state index in [1.807, 2.05) is 4.90 Å². The highest BCUT2D eigenvalue weighted by atomic mass is 16.5. The lowest BCUT2D eigenvalue weighted by Gasteiger charge is -2.32. The molecule has 1 saturated heterocycles. The molecule has 1 amide bonds. The minimum atomic E-state index is 0.159. The molecule has 1 aliphatic heterocycles. The molecule has 0 unspecified atom stereocenters. The van der Waals surface area contributed by atoms with Crippen molar-refractivity contribution < 1.29 is 14.3 Å². The Morgan fingerprint density at radius 1 is 1.30 bits per heavy atom. The molecule has 23 heavy (non-hydrogen) atoms. The lowest BCUT2D eigenvalue weighted by Crippen LogP contribution is -2.45. The predicted octanol–water partition coefficient (Wildman–Crippen LogP) is 1.91. The number of carbonyl (C=O) groups is 1. The summed E-state index contributed by atoms with van der Waals surface area (Å²) < 4.78 is 11.1. The third-order valence-electron chi connectivity index (χ3n) is 4.19. The molecule has 1 aromatic rings. The van der Waals surface area contributed by atoms with E-state index in [0.29, 0.717) is 19.7 Å². The Bertz CT molecular complexity index is 511. The van der Waals surface area contributed by atoms with Crippen LogP contribution in [0.3, 0.4) is 0 Å². The van der Waals surface area contributed by atoms with Crippen LogP contribution in [0.1, 0.15) is 24.0 Å². The number of methoxy groups -OCH3 is 1. The summed E-state index contributed by atoms with van der Waals surface area (Å²) in [6.45, 7) is 7.38. The zero-order valence-corrected chi connectivity index (χ0v) is 14.4. The first kappa shape index (κ1) is 17.8. The summed E-state index contributed by atoms with van der Waals surface area (Å²) in [5.41, 5.74) is 2.37. The molecule has 5 heteroatoms. The van der Waals surface area contributed by atoms with Gasteiger partial charge in [0.25, 0.3) is 0 Å². The molecule has 5 nitrogen and oxygen atoms in total. The summed E-state index contributed by atoms with van der Waals surface area (Å²) in [5.74, 6) is 1.13. The molecule has 1 heterocycles. The third kappa shape index (κ3) is 5.52. The van der Waals surface area contributed by atoms with Crippen LogP contribution in [0.25, 0.3) is 0 Å². The molecule has 0 aliphatic carbocycles. The van der Waals surface area contributed by atoms with Crippen molar-refractivity contribution in [2.24, 2.45) is 0 Å². The fourth-order valence-corrected chi connectivity index (χ4v) is 2.72. The van der Waals surface area contributed by atoms with E-state index in [4.69, 9.17) is 9.47 Å². The Morgan fingerprint density at radius 3 is 2.74 bits per heavy atom. The number of nitrogens with one attached hydrogen (secondary N) is 1. The highest BCUT2D eigenvalue weighted by molar-refractivity contribution is 5.78. The first-order chi connectivity index (χ1) is 11.1. The van der Waals surface area contributed by atoms with E-state index >= 15 is 0 Å². The van der Waals surface area contributed by atoms with Crippen LogP contribution < -0.4 is 10.1 Å². The fourth-order valence-electron chi connectivity index (χ4n) is 2.72. The maximum absolute atomic E-state index is 12.1. The summed E-state index contributed by atoms with van der Waals surface area (Å²) in [4.78, 5) is 14.0. The number of aryl methyl sites for hydroxylation is 2. The number of benzene rings is 1. The van der Waals surface area contributed by atoms with Crippen LogP contribution in [0, 0.1) is 13.8 Å². The molecular weight excluding hydrogens is 292 g/mol. The van der Waals surface area contributed by atoms with Crippen molar-refractivity contribution in [3.05, 3.63) is 29.3 Å². The van der Waals surface area contributed by atoms with Gasteiger partial charge in [0.15, 0.2) is 0 Å². The number of piperidine rings is 1. The van der Waals surface area contributed by atoms with Crippen LogP contribution in [-0.4, -0.2) is 56.8 Å². The number of carbonyl (C=O) groups excluding carboxylic acids is 1. The van der Waals surface area contributed by atoms with Crippen molar-refractivity contribution in [2.45, 2.75) is 32.8 Å². The van der Waals surface area contributed by atoms with Crippen LogP contribution in [-0.2, 0) is 9.53 Å². The predicted molar refractivity (Wildman–Crippen MR) is 90.9 cm³/mol. The molecule has 1 aromatic carbocycles. The molecule has 0 spiro atoms. The first-order valence-electron chi connectivity index (χ1n) is 8.31. The smallest absolute Gasteiger partial charge is 0.236 e. The van der Waals surface area contributed by atoms with Gasteiger partial charge < -0.3 is 19.7 Å². The van der Waals surface area contributed by atoms with E-state index in [-0.39, 0.29) is 12.0 Å². The summed E-state index contributed by atoms with van der Waals surface area (Å²) in [7, 11) is 1.66. The molecule has 0 atom stereocenters. The number of likely N-dealkylation sites (tertiary alicyclic amines) is 1. The summed E-state index contributed by atoms with van der Waals surface area (Å²) in [6, 6.07) is 6.28. The molecule has 1 fully saturated rings. The van der Waals surface area contributed by atoms with Crippen LogP contribution in [0.4, 0.5) is 0 Å². The molecular formula is C18H28N2O3.